The molecular weight excluding hydrogens is 939 g/mol. The molecule has 0 amide bonds. The SMILES string of the molecule is [2H]c1c([2H])c([2H])c(N(c2c(-c3cccc(C#N)c3)ccc(-c3cccc([N+]#[C-])c3)c2F)c2ccc3ccc4c(N(c5c([2H])c([2H])c([2H])c([2H])c5[2H])c5c(-c6cccc([N+]#[C-])c6)ccc(-c6cccc(C#N)c6)c5F)ccc5ccc2c3c54)c([2H])c1[2H]. The molecule has 0 saturated heterocycles. The van der Waals surface area contributed by atoms with Crippen LogP contribution in [0, 0.1) is 47.4 Å². The van der Waals surface area contributed by atoms with Crippen LogP contribution >= 0.6 is 0 Å². The van der Waals surface area contributed by atoms with E-state index in [1.165, 1.54) is 34.1 Å². The van der Waals surface area contributed by atoms with Gasteiger partial charge in [0.25, 0.3) is 0 Å². The molecule has 6 nitrogen and oxygen atoms in total. The monoisotopic (exact) mass is 986 g/mol. The molecule has 0 aliphatic carbocycles. The third-order valence-corrected chi connectivity index (χ3v) is 13.4. The van der Waals surface area contributed by atoms with E-state index in [-0.39, 0.29) is 73.1 Å². The highest BCUT2D eigenvalue weighted by atomic mass is 19.1. The van der Waals surface area contributed by atoms with Crippen LogP contribution in [0.3, 0.4) is 0 Å². The number of anilines is 6. The minimum atomic E-state index is -0.916. The van der Waals surface area contributed by atoms with Crippen molar-refractivity contribution in [1.82, 2.24) is 0 Å². The van der Waals surface area contributed by atoms with Gasteiger partial charge in [-0.25, -0.2) is 18.5 Å². The first-order valence-electron chi connectivity index (χ1n) is 28.6. The Hall–Kier alpha value is -10.9. The van der Waals surface area contributed by atoms with Crippen molar-refractivity contribution in [2.45, 2.75) is 0 Å². The van der Waals surface area contributed by atoms with Gasteiger partial charge in [-0.05, 0) is 116 Å². The van der Waals surface area contributed by atoms with Crippen molar-refractivity contribution < 1.29 is 22.5 Å². The zero-order chi connectivity index (χ0) is 60.6. The fourth-order valence-corrected chi connectivity index (χ4v) is 10.1. The highest BCUT2D eigenvalue weighted by Crippen LogP contribution is 2.52. The number of rotatable bonds is 10. The lowest BCUT2D eigenvalue weighted by Crippen LogP contribution is -2.15. The van der Waals surface area contributed by atoms with Crippen molar-refractivity contribution in [2.75, 3.05) is 9.80 Å². The molecule has 0 radical (unpaired) electrons. The van der Waals surface area contributed by atoms with Gasteiger partial charge in [-0.2, -0.15) is 10.5 Å². The van der Waals surface area contributed by atoms with Crippen molar-refractivity contribution in [1.29, 1.82) is 10.5 Å². The van der Waals surface area contributed by atoms with Crippen molar-refractivity contribution >= 4 is 77.8 Å². The number of halogens is 2. The maximum Gasteiger partial charge on any atom is 0.187 e. The van der Waals surface area contributed by atoms with E-state index in [0.717, 1.165) is 0 Å². The summed E-state index contributed by atoms with van der Waals surface area (Å²) in [5.41, 5.74) is 1.20. The van der Waals surface area contributed by atoms with Gasteiger partial charge in [0.1, 0.15) is 0 Å². The standard InChI is InChI=1S/C68H38F2N6/c1-73-51-19-11-17-49(39-51)56-32-33-57(48-16-10-14-44(38-48)42-72)67(66(56)70)75(53-21-5-3-6-22-53)61-35-27-45-26-30-60-62(36-28-46-25-29-59(61)63(45)64(46)60)76(54-23-7-4-8-24-54)68-58(50-18-12-20-52(40-50)74-2)34-31-55(65(68)69)47-15-9-13-43(37-47)41-71/h3-40H/i3D,4D,5D,6D,7D,8D,21D,22D,23D,24D. The van der Waals surface area contributed by atoms with Crippen LogP contribution in [0.15, 0.2) is 230 Å². The average molecular weight is 987 g/mol. The molecule has 0 heterocycles. The molecule has 8 heteroatoms. The summed E-state index contributed by atoms with van der Waals surface area (Å²) in [6.45, 7) is 15.7. The molecule has 12 aromatic carbocycles. The second kappa shape index (κ2) is 19.3. The van der Waals surface area contributed by atoms with Gasteiger partial charge in [0, 0.05) is 44.4 Å². The predicted molar refractivity (Wildman–Crippen MR) is 303 cm³/mol. The summed E-state index contributed by atoms with van der Waals surface area (Å²) in [7, 11) is 0. The van der Waals surface area contributed by atoms with Crippen LogP contribution in [0.1, 0.15) is 24.8 Å². The molecule has 0 aliphatic heterocycles. The molecule has 76 heavy (non-hydrogen) atoms. The van der Waals surface area contributed by atoms with Crippen molar-refractivity contribution in [3.8, 4) is 56.6 Å². The first-order chi connectivity index (χ1) is 41.5. The average Bonchev–Trinajstić information content (AvgIpc) is 0.774. The molecule has 0 unspecified atom stereocenters. The highest BCUT2D eigenvalue weighted by molar-refractivity contribution is 6.28. The van der Waals surface area contributed by atoms with E-state index < -0.39 is 83.4 Å². The molecular formula is C68H38F2N6. The maximum absolute atomic E-state index is 18.7. The zero-order valence-corrected chi connectivity index (χ0v) is 39.6. The van der Waals surface area contributed by atoms with Gasteiger partial charge in [0.2, 0.25) is 0 Å². The highest BCUT2D eigenvalue weighted by Gasteiger charge is 2.29. The Labute approximate surface area is 451 Å². The normalized spacial score (nSPS) is 12.8. The van der Waals surface area contributed by atoms with Crippen molar-refractivity contribution in [2.24, 2.45) is 0 Å². The smallest absolute Gasteiger partial charge is 0.187 e. The number of hydrogen-bond donors (Lipinski definition) is 0. The van der Waals surface area contributed by atoms with E-state index in [4.69, 9.17) is 21.4 Å². The van der Waals surface area contributed by atoms with E-state index in [0.29, 0.717) is 49.0 Å². The van der Waals surface area contributed by atoms with Crippen LogP contribution in [-0.2, 0) is 0 Å². The lowest BCUT2D eigenvalue weighted by molar-refractivity contribution is 0.632. The van der Waals surface area contributed by atoms with Gasteiger partial charge in [-0.3, -0.25) is 0 Å². The second-order valence-corrected chi connectivity index (χ2v) is 17.6. The molecule has 0 bridgehead atoms. The summed E-state index contributed by atoms with van der Waals surface area (Å²) in [6, 6.07) is 42.5. The molecule has 0 saturated carbocycles. The van der Waals surface area contributed by atoms with Crippen LogP contribution in [0.5, 0.6) is 0 Å². The van der Waals surface area contributed by atoms with E-state index in [2.05, 4.69) is 21.8 Å². The van der Waals surface area contributed by atoms with E-state index in [9.17, 15) is 16.0 Å². The Morgan fingerprint density at radius 3 is 1.21 bits per heavy atom. The third-order valence-electron chi connectivity index (χ3n) is 13.4. The Bertz CT molecular complexity index is 4710. The number of benzene rings is 12. The first-order valence-corrected chi connectivity index (χ1v) is 23.6. The number of nitrogens with zero attached hydrogens (tertiary/aromatic N) is 6. The summed E-state index contributed by atoms with van der Waals surface area (Å²) in [5.74, 6) is -1.83. The molecule has 0 spiro atoms. The lowest BCUT2D eigenvalue weighted by Gasteiger charge is -2.32. The summed E-state index contributed by atoms with van der Waals surface area (Å²) < 4.78 is 129. The third kappa shape index (κ3) is 7.94. The van der Waals surface area contributed by atoms with Gasteiger partial charge >= 0.3 is 0 Å². The van der Waals surface area contributed by atoms with Gasteiger partial charge < -0.3 is 9.80 Å². The molecule has 0 N–H and O–H groups in total. The summed E-state index contributed by atoms with van der Waals surface area (Å²) in [5, 5.41) is 22.9. The molecule has 12 aromatic rings. The van der Waals surface area contributed by atoms with Gasteiger partial charge in [0.15, 0.2) is 23.0 Å². The maximum atomic E-state index is 18.7. The van der Waals surface area contributed by atoms with E-state index in [1.807, 2.05) is 0 Å². The molecule has 0 aromatic heterocycles. The minimum absolute atomic E-state index is 0.00704. The summed E-state index contributed by atoms with van der Waals surface area (Å²) >= 11 is 0. The Morgan fingerprint density at radius 1 is 0.421 bits per heavy atom. The molecule has 354 valence electrons. The summed E-state index contributed by atoms with van der Waals surface area (Å²) in [4.78, 5) is 9.76. The van der Waals surface area contributed by atoms with Gasteiger partial charge in [0.05, 0.1) is 72.9 Å². The fourth-order valence-electron chi connectivity index (χ4n) is 10.1. The molecule has 12 rings (SSSR count). The zero-order valence-electron chi connectivity index (χ0n) is 49.6. The van der Waals surface area contributed by atoms with Crippen LogP contribution in [-0.4, -0.2) is 0 Å². The minimum Gasteiger partial charge on any atom is -0.307 e. The quantitative estimate of drug-likeness (QED) is 0.101. The predicted octanol–water partition coefficient (Wildman–Crippen LogP) is 19.3. The molecule has 0 atom stereocenters. The van der Waals surface area contributed by atoms with Gasteiger partial charge in [-0.15, -0.1) is 0 Å². The number of hydrogen-bond acceptors (Lipinski definition) is 4. The topological polar surface area (TPSA) is 62.8 Å². The van der Waals surface area contributed by atoms with E-state index in [1.54, 1.807) is 146 Å². The Kier molecular flexibility index (Phi) is 9.15. The lowest BCUT2D eigenvalue weighted by atomic mass is 9.90. The van der Waals surface area contributed by atoms with Crippen molar-refractivity contribution in [3.05, 3.63) is 276 Å². The van der Waals surface area contributed by atoms with E-state index >= 15 is 8.78 Å². The Morgan fingerprint density at radius 2 is 0.789 bits per heavy atom. The fraction of sp³-hybridized carbons (Fsp3) is 0. The molecule has 0 aliphatic rings. The van der Waals surface area contributed by atoms with Crippen LogP contribution in [0.25, 0.3) is 86.5 Å². The van der Waals surface area contributed by atoms with Gasteiger partial charge in [-0.1, -0.05) is 158 Å². The summed E-state index contributed by atoms with van der Waals surface area (Å²) in [6.07, 6.45) is 0. The number of nitriles is 2. The molecule has 0 fully saturated rings. The van der Waals surface area contributed by atoms with Crippen molar-refractivity contribution in [3.63, 3.8) is 0 Å². The number of para-hydroxylation sites is 2. The van der Waals surface area contributed by atoms with Crippen LogP contribution < -0.4 is 9.80 Å². The largest absolute Gasteiger partial charge is 0.307 e. The van der Waals surface area contributed by atoms with Crippen LogP contribution in [0.2, 0.25) is 0 Å². The second-order valence-electron chi connectivity index (χ2n) is 17.6. The first kappa shape index (κ1) is 36.1. The Balaban J connectivity index is 1.22. The van der Waals surface area contributed by atoms with Crippen LogP contribution in [0.4, 0.5) is 54.3 Å².